The SMILES string of the molecule is Cc1nn(-c2ccc(Br)cc2)c(=O)n1CCOS(C)(=O)=O. The van der Waals surface area contributed by atoms with Crippen molar-refractivity contribution >= 4 is 26.0 Å². The summed E-state index contributed by atoms with van der Waals surface area (Å²) in [4.78, 5) is 12.3. The molecule has 0 unspecified atom stereocenters. The van der Waals surface area contributed by atoms with Gasteiger partial charge in [0.2, 0.25) is 0 Å². The lowest BCUT2D eigenvalue weighted by molar-refractivity contribution is 0.300. The van der Waals surface area contributed by atoms with Crippen LogP contribution in [0.3, 0.4) is 0 Å². The molecule has 2 rings (SSSR count). The van der Waals surface area contributed by atoms with Gasteiger partial charge in [-0.15, -0.1) is 0 Å². The Morgan fingerprint density at radius 2 is 1.90 bits per heavy atom. The Morgan fingerprint density at radius 1 is 1.29 bits per heavy atom. The number of hydrogen-bond donors (Lipinski definition) is 0. The fourth-order valence-electron chi connectivity index (χ4n) is 1.78. The smallest absolute Gasteiger partial charge is 0.276 e. The quantitative estimate of drug-likeness (QED) is 0.730. The molecule has 9 heteroatoms. The summed E-state index contributed by atoms with van der Waals surface area (Å²) in [6.45, 7) is 1.69. The lowest BCUT2D eigenvalue weighted by Crippen LogP contribution is -2.26. The molecule has 0 bridgehead atoms. The first-order valence-corrected chi connectivity index (χ1v) is 8.66. The molecule has 0 saturated heterocycles. The Bertz CT molecular complexity index is 793. The van der Waals surface area contributed by atoms with Gasteiger partial charge in [-0.25, -0.2) is 4.79 Å². The molecule has 21 heavy (non-hydrogen) atoms. The van der Waals surface area contributed by atoms with Crippen molar-refractivity contribution in [3.05, 3.63) is 45.0 Å². The molecule has 0 amide bonds. The lowest BCUT2D eigenvalue weighted by atomic mass is 10.3. The molecular weight excluding hydrogens is 362 g/mol. The van der Waals surface area contributed by atoms with Crippen molar-refractivity contribution in [3.8, 4) is 5.69 Å². The first-order valence-electron chi connectivity index (χ1n) is 6.05. The molecule has 0 aliphatic carbocycles. The number of aromatic nitrogens is 3. The van der Waals surface area contributed by atoms with Crippen LogP contribution in [0.5, 0.6) is 0 Å². The van der Waals surface area contributed by atoms with E-state index in [9.17, 15) is 13.2 Å². The molecule has 0 aliphatic rings. The summed E-state index contributed by atoms with van der Waals surface area (Å²) < 4.78 is 30.0. The van der Waals surface area contributed by atoms with Gasteiger partial charge in [0.15, 0.2) is 0 Å². The largest absolute Gasteiger partial charge is 0.350 e. The molecule has 0 aliphatic heterocycles. The van der Waals surface area contributed by atoms with E-state index in [0.717, 1.165) is 10.7 Å². The van der Waals surface area contributed by atoms with Crippen LogP contribution in [0.1, 0.15) is 5.82 Å². The predicted octanol–water partition coefficient (Wildman–Crippen LogP) is 1.08. The second kappa shape index (κ2) is 6.12. The van der Waals surface area contributed by atoms with Gasteiger partial charge >= 0.3 is 5.69 Å². The Labute approximate surface area is 130 Å². The van der Waals surface area contributed by atoms with Crippen molar-refractivity contribution in [2.75, 3.05) is 12.9 Å². The van der Waals surface area contributed by atoms with E-state index in [1.807, 2.05) is 12.1 Å². The first-order chi connectivity index (χ1) is 9.78. The number of hydrogen-bond acceptors (Lipinski definition) is 5. The fourth-order valence-corrected chi connectivity index (χ4v) is 2.42. The minimum absolute atomic E-state index is 0.106. The first kappa shape index (κ1) is 15.9. The van der Waals surface area contributed by atoms with Crippen molar-refractivity contribution < 1.29 is 12.6 Å². The highest BCUT2D eigenvalue weighted by molar-refractivity contribution is 9.10. The van der Waals surface area contributed by atoms with Gasteiger partial charge in [0.1, 0.15) is 5.82 Å². The maximum Gasteiger partial charge on any atom is 0.350 e. The fraction of sp³-hybridized carbons (Fsp3) is 0.333. The summed E-state index contributed by atoms with van der Waals surface area (Å²) in [5.41, 5.74) is 0.293. The van der Waals surface area contributed by atoms with Crippen molar-refractivity contribution in [3.63, 3.8) is 0 Å². The summed E-state index contributed by atoms with van der Waals surface area (Å²) >= 11 is 3.32. The van der Waals surface area contributed by atoms with Gasteiger partial charge in [-0.2, -0.15) is 18.2 Å². The molecular formula is C12H14BrN3O4S. The Morgan fingerprint density at radius 3 is 2.48 bits per heavy atom. The second-order valence-corrected chi connectivity index (χ2v) is 6.96. The summed E-state index contributed by atoms with van der Waals surface area (Å²) in [5, 5.41) is 4.17. The number of rotatable bonds is 5. The predicted molar refractivity (Wildman–Crippen MR) is 81.1 cm³/mol. The molecule has 1 aromatic carbocycles. The van der Waals surface area contributed by atoms with Crippen LogP contribution in [0.25, 0.3) is 5.69 Å². The van der Waals surface area contributed by atoms with Gasteiger partial charge in [0, 0.05) is 4.47 Å². The monoisotopic (exact) mass is 375 g/mol. The van der Waals surface area contributed by atoms with Gasteiger partial charge in [0.25, 0.3) is 10.1 Å². The molecule has 0 spiro atoms. The average Bonchev–Trinajstić information content (AvgIpc) is 2.66. The zero-order valence-electron chi connectivity index (χ0n) is 11.5. The molecule has 7 nitrogen and oxygen atoms in total. The van der Waals surface area contributed by atoms with Gasteiger partial charge in [-0.05, 0) is 31.2 Å². The molecule has 0 atom stereocenters. The van der Waals surface area contributed by atoms with E-state index < -0.39 is 10.1 Å². The molecule has 0 radical (unpaired) electrons. The third kappa shape index (κ3) is 4.02. The molecule has 114 valence electrons. The normalized spacial score (nSPS) is 11.8. The highest BCUT2D eigenvalue weighted by atomic mass is 79.9. The lowest BCUT2D eigenvalue weighted by Gasteiger charge is -2.02. The molecule has 1 heterocycles. The van der Waals surface area contributed by atoms with Crippen LogP contribution in [0, 0.1) is 6.92 Å². The van der Waals surface area contributed by atoms with Crippen molar-refractivity contribution in [1.29, 1.82) is 0 Å². The highest BCUT2D eigenvalue weighted by Crippen LogP contribution is 2.12. The molecule has 0 fully saturated rings. The minimum Gasteiger partial charge on any atom is -0.276 e. The molecule has 0 saturated carbocycles. The molecule has 0 N–H and O–H groups in total. The van der Waals surface area contributed by atoms with Gasteiger partial charge in [0.05, 0.1) is 25.1 Å². The minimum atomic E-state index is -3.52. The van der Waals surface area contributed by atoms with Crippen LogP contribution < -0.4 is 5.69 Å². The van der Waals surface area contributed by atoms with Crippen molar-refractivity contribution in [1.82, 2.24) is 14.3 Å². The number of halogens is 1. The summed E-state index contributed by atoms with van der Waals surface area (Å²) in [6.07, 6.45) is 0.966. The van der Waals surface area contributed by atoms with Gasteiger partial charge in [-0.1, -0.05) is 15.9 Å². The Hall–Kier alpha value is -1.45. The van der Waals surface area contributed by atoms with E-state index in [1.54, 1.807) is 19.1 Å². The van der Waals surface area contributed by atoms with E-state index >= 15 is 0 Å². The van der Waals surface area contributed by atoms with Crippen LogP contribution >= 0.6 is 15.9 Å². The third-order valence-electron chi connectivity index (χ3n) is 2.73. The Kier molecular flexibility index (Phi) is 4.64. The van der Waals surface area contributed by atoms with Crippen LogP contribution in [0.2, 0.25) is 0 Å². The maximum atomic E-state index is 12.3. The van der Waals surface area contributed by atoms with Crippen molar-refractivity contribution in [2.24, 2.45) is 0 Å². The van der Waals surface area contributed by atoms with E-state index in [2.05, 4.69) is 25.2 Å². The van der Waals surface area contributed by atoms with E-state index in [-0.39, 0.29) is 18.8 Å². The van der Waals surface area contributed by atoms with Crippen LogP contribution in [-0.4, -0.2) is 35.6 Å². The van der Waals surface area contributed by atoms with Crippen LogP contribution in [0.15, 0.2) is 33.5 Å². The second-order valence-electron chi connectivity index (χ2n) is 4.40. The van der Waals surface area contributed by atoms with Crippen LogP contribution in [-0.2, 0) is 20.8 Å². The third-order valence-corrected chi connectivity index (χ3v) is 3.85. The Balaban J connectivity index is 2.25. The van der Waals surface area contributed by atoms with E-state index in [0.29, 0.717) is 11.5 Å². The zero-order valence-corrected chi connectivity index (χ0v) is 13.9. The number of nitrogens with zero attached hydrogens (tertiary/aromatic N) is 3. The standard InChI is InChI=1S/C12H14BrN3O4S/c1-9-14-16(11-5-3-10(13)4-6-11)12(17)15(9)7-8-20-21(2,18)19/h3-6H,7-8H2,1-2H3. The molecule has 1 aromatic heterocycles. The van der Waals surface area contributed by atoms with E-state index in [1.165, 1.54) is 9.25 Å². The highest BCUT2D eigenvalue weighted by Gasteiger charge is 2.12. The van der Waals surface area contributed by atoms with E-state index in [4.69, 9.17) is 0 Å². The van der Waals surface area contributed by atoms with Crippen molar-refractivity contribution in [2.45, 2.75) is 13.5 Å². The number of benzene rings is 1. The van der Waals surface area contributed by atoms with Gasteiger partial charge < -0.3 is 0 Å². The zero-order chi connectivity index (χ0) is 15.6. The number of aryl methyl sites for hydroxylation is 1. The van der Waals surface area contributed by atoms with Crippen LogP contribution in [0.4, 0.5) is 0 Å². The summed E-state index contributed by atoms with van der Waals surface area (Å²) in [7, 11) is -3.52. The van der Waals surface area contributed by atoms with Gasteiger partial charge in [-0.3, -0.25) is 8.75 Å². The summed E-state index contributed by atoms with van der Waals surface area (Å²) in [5.74, 6) is 0.486. The molecule has 2 aromatic rings. The topological polar surface area (TPSA) is 83.2 Å². The average molecular weight is 376 g/mol. The maximum absolute atomic E-state index is 12.3. The summed E-state index contributed by atoms with van der Waals surface area (Å²) in [6, 6.07) is 7.14.